The minimum absolute atomic E-state index is 0.0397. The van der Waals surface area contributed by atoms with Gasteiger partial charge in [0.15, 0.2) is 0 Å². The van der Waals surface area contributed by atoms with E-state index in [2.05, 4.69) is 29.6 Å². The maximum absolute atomic E-state index is 13.3. The zero-order valence-corrected chi connectivity index (χ0v) is 20.6. The van der Waals surface area contributed by atoms with E-state index in [-0.39, 0.29) is 30.9 Å². The molecule has 0 saturated carbocycles. The molecule has 1 saturated heterocycles. The Bertz CT molecular complexity index is 1070. The standard InChI is InChI=1S/C28H34N2O5/c1-18(2)15-19(25(31)30-14-8-13-28(30,3)26(32)33)16-29-27(34)35-17-24-22-11-6-4-9-20(22)21-10-5-7-12-23(21)24/h4-7,9-12,18-19,24H,8,13-17H2,1-3H3,(H,29,34)(H,32,33). The Kier molecular flexibility index (Phi) is 7.15. The first-order valence-corrected chi connectivity index (χ1v) is 12.4. The monoisotopic (exact) mass is 478 g/mol. The summed E-state index contributed by atoms with van der Waals surface area (Å²) >= 11 is 0. The number of hydrogen-bond acceptors (Lipinski definition) is 4. The molecule has 1 heterocycles. The molecule has 2 aromatic carbocycles. The van der Waals surface area contributed by atoms with Gasteiger partial charge in [-0.15, -0.1) is 0 Å². The Morgan fingerprint density at radius 1 is 1.09 bits per heavy atom. The molecule has 0 radical (unpaired) electrons. The molecule has 0 spiro atoms. The van der Waals surface area contributed by atoms with Crippen molar-refractivity contribution in [3.63, 3.8) is 0 Å². The van der Waals surface area contributed by atoms with E-state index in [1.54, 1.807) is 6.92 Å². The first-order valence-electron chi connectivity index (χ1n) is 12.4. The number of carboxylic acid groups (broad SMARTS) is 1. The van der Waals surface area contributed by atoms with Gasteiger partial charge in [0.05, 0.1) is 5.92 Å². The maximum Gasteiger partial charge on any atom is 0.407 e. The van der Waals surface area contributed by atoms with E-state index in [4.69, 9.17) is 4.74 Å². The summed E-state index contributed by atoms with van der Waals surface area (Å²) in [6, 6.07) is 16.3. The molecule has 1 fully saturated rings. The number of amides is 2. The van der Waals surface area contributed by atoms with Gasteiger partial charge in [0.25, 0.3) is 0 Å². The molecule has 7 heteroatoms. The molecule has 35 heavy (non-hydrogen) atoms. The number of aliphatic carboxylic acids is 1. The van der Waals surface area contributed by atoms with Crippen LogP contribution in [0.25, 0.3) is 11.1 Å². The van der Waals surface area contributed by atoms with E-state index in [1.807, 2.05) is 38.1 Å². The van der Waals surface area contributed by atoms with Gasteiger partial charge in [-0.1, -0.05) is 62.4 Å². The van der Waals surface area contributed by atoms with E-state index in [9.17, 15) is 19.5 Å². The largest absolute Gasteiger partial charge is 0.480 e. The molecule has 0 bridgehead atoms. The lowest BCUT2D eigenvalue weighted by atomic mass is 9.93. The fourth-order valence-electron chi connectivity index (χ4n) is 5.46. The molecular formula is C28H34N2O5. The van der Waals surface area contributed by atoms with Crippen molar-refractivity contribution in [3.05, 3.63) is 59.7 Å². The fraction of sp³-hybridized carbons (Fsp3) is 0.464. The summed E-state index contributed by atoms with van der Waals surface area (Å²) in [7, 11) is 0. The topological polar surface area (TPSA) is 95.9 Å². The van der Waals surface area contributed by atoms with Crippen LogP contribution in [-0.2, 0) is 14.3 Å². The van der Waals surface area contributed by atoms with Gasteiger partial charge >= 0.3 is 12.1 Å². The van der Waals surface area contributed by atoms with Crippen LogP contribution in [0.5, 0.6) is 0 Å². The highest BCUT2D eigenvalue weighted by Crippen LogP contribution is 2.44. The number of carbonyl (C=O) groups excluding carboxylic acids is 2. The van der Waals surface area contributed by atoms with Crippen molar-refractivity contribution in [1.82, 2.24) is 10.2 Å². The first kappa shape index (κ1) is 24.8. The number of likely N-dealkylation sites (tertiary alicyclic amines) is 1. The molecule has 1 aliphatic heterocycles. The number of ether oxygens (including phenoxy) is 1. The van der Waals surface area contributed by atoms with E-state index >= 15 is 0 Å². The van der Waals surface area contributed by atoms with Gasteiger partial charge in [0, 0.05) is 19.0 Å². The molecule has 0 aromatic heterocycles. The van der Waals surface area contributed by atoms with Crippen LogP contribution in [0.15, 0.2) is 48.5 Å². The van der Waals surface area contributed by atoms with Crippen LogP contribution in [-0.4, -0.2) is 53.2 Å². The molecule has 186 valence electrons. The number of hydrogen-bond donors (Lipinski definition) is 2. The minimum Gasteiger partial charge on any atom is -0.480 e. The molecule has 7 nitrogen and oxygen atoms in total. The number of benzene rings is 2. The highest BCUT2D eigenvalue weighted by atomic mass is 16.5. The highest BCUT2D eigenvalue weighted by Gasteiger charge is 2.47. The van der Waals surface area contributed by atoms with Gasteiger partial charge < -0.3 is 20.1 Å². The van der Waals surface area contributed by atoms with Gasteiger partial charge in [-0.05, 0) is 54.4 Å². The van der Waals surface area contributed by atoms with E-state index in [1.165, 1.54) is 4.90 Å². The maximum atomic E-state index is 13.3. The lowest BCUT2D eigenvalue weighted by molar-refractivity contribution is -0.157. The summed E-state index contributed by atoms with van der Waals surface area (Å²) in [6.45, 7) is 6.35. The molecule has 2 atom stereocenters. The molecule has 2 unspecified atom stereocenters. The van der Waals surface area contributed by atoms with Crippen molar-refractivity contribution >= 4 is 18.0 Å². The van der Waals surface area contributed by atoms with E-state index in [0.717, 1.165) is 22.3 Å². The minimum atomic E-state index is -1.20. The summed E-state index contributed by atoms with van der Waals surface area (Å²) < 4.78 is 5.61. The number of rotatable bonds is 8. The number of nitrogens with zero attached hydrogens (tertiary/aromatic N) is 1. The van der Waals surface area contributed by atoms with Gasteiger partial charge in [-0.25, -0.2) is 9.59 Å². The molecule has 2 aliphatic rings. The van der Waals surface area contributed by atoms with Gasteiger partial charge in [-0.3, -0.25) is 4.79 Å². The molecular weight excluding hydrogens is 444 g/mol. The average molecular weight is 479 g/mol. The molecule has 2 N–H and O–H groups in total. The van der Waals surface area contributed by atoms with E-state index in [0.29, 0.717) is 25.8 Å². The van der Waals surface area contributed by atoms with Crippen LogP contribution in [0.1, 0.15) is 57.1 Å². The molecule has 2 aromatic rings. The third-order valence-corrected chi connectivity index (χ3v) is 7.31. The lowest BCUT2D eigenvalue weighted by Crippen LogP contribution is -2.54. The van der Waals surface area contributed by atoms with Gasteiger partial charge in [0.1, 0.15) is 12.1 Å². The van der Waals surface area contributed by atoms with Gasteiger partial charge in [-0.2, -0.15) is 0 Å². The highest BCUT2D eigenvalue weighted by molar-refractivity contribution is 5.89. The Labute approximate surface area is 206 Å². The molecule has 2 amide bonds. The predicted molar refractivity (Wildman–Crippen MR) is 133 cm³/mol. The van der Waals surface area contributed by atoms with Crippen molar-refractivity contribution in [1.29, 1.82) is 0 Å². The van der Waals surface area contributed by atoms with E-state index < -0.39 is 23.5 Å². The average Bonchev–Trinajstić information content (AvgIpc) is 3.39. The summed E-state index contributed by atoms with van der Waals surface area (Å²) in [4.78, 5) is 39.3. The number of carbonyl (C=O) groups is 3. The zero-order chi connectivity index (χ0) is 25.2. The second-order valence-corrected chi connectivity index (χ2v) is 10.2. The van der Waals surface area contributed by atoms with Crippen LogP contribution in [0.2, 0.25) is 0 Å². The van der Waals surface area contributed by atoms with Crippen LogP contribution < -0.4 is 5.32 Å². The first-order chi connectivity index (χ1) is 16.7. The van der Waals surface area contributed by atoms with Crippen LogP contribution >= 0.6 is 0 Å². The summed E-state index contributed by atoms with van der Waals surface area (Å²) in [5, 5.41) is 12.5. The number of nitrogens with one attached hydrogen (secondary N) is 1. The van der Waals surface area contributed by atoms with Gasteiger partial charge in [0.2, 0.25) is 5.91 Å². The van der Waals surface area contributed by atoms with Crippen molar-refractivity contribution < 1.29 is 24.2 Å². The fourth-order valence-corrected chi connectivity index (χ4v) is 5.46. The van der Waals surface area contributed by atoms with Crippen LogP contribution in [0.3, 0.4) is 0 Å². The Morgan fingerprint density at radius 3 is 2.26 bits per heavy atom. The number of alkyl carbamates (subject to hydrolysis) is 1. The Hall–Kier alpha value is -3.35. The zero-order valence-electron chi connectivity index (χ0n) is 20.6. The normalized spacial score (nSPS) is 19.8. The van der Waals surface area contributed by atoms with Crippen molar-refractivity contribution in [2.24, 2.45) is 11.8 Å². The Morgan fingerprint density at radius 2 is 1.69 bits per heavy atom. The lowest BCUT2D eigenvalue weighted by Gasteiger charge is -2.34. The van der Waals surface area contributed by atoms with Crippen molar-refractivity contribution in [3.8, 4) is 11.1 Å². The van der Waals surface area contributed by atoms with Crippen molar-refractivity contribution in [2.75, 3.05) is 19.7 Å². The third kappa shape index (κ3) is 4.90. The third-order valence-electron chi connectivity index (χ3n) is 7.31. The molecule has 1 aliphatic carbocycles. The van der Waals surface area contributed by atoms with Crippen LogP contribution in [0.4, 0.5) is 4.79 Å². The summed E-state index contributed by atoms with van der Waals surface area (Å²) in [5.74, 6) is -1.54. The SMILES string of the molecule is CC(C)CC(CNC(=O)OCC1c2ccccc2-c2ccccc21)C(=O)N1CCCC1(C)C(=O)O. The quantitative estimate of drug-likeness (QED) is 0.576. The number of carboxylic acids is 1. The van der Waals surface area contributed by atoms with Crippen molar-refractivity contribution in [2.45, 2.75) is 51.5 Å². The second kappa shape index (κ2) is 10.1. The summed E-state index contributed by atoms with van der Waals surface area (Å²) in [6.07, 6.45) is 1.07. The second-order valence-electron chi connectivity index (χ2n) is 10.2. The molecule has 4 rings (SSSR count). The smallest absolute Gasteiger partial charge is 0.407 e. The predicted octanol–water partition coefficient (Wildman–Crippen LogP) is 4.65. The Balaban J connectivity index is 1.39. The van der Waals surface area contributed by atoms with Crippen LogP contribution in [0, 0.1) is 11.8 Å². The summed E-state index contributed by atoms with van der Waals surface area (Å²) in [5.41, 5.74) is 3.39. The number of fused-ring (bicyclic) bond motifs is 3.